The number of benzene rings is 3. The predicted molar refractivity (Wildman–Crippen MR) is 155 cm³/mol. The molecule has 2 N–H and O–H groups in total. The van der Waals surface area contributed by atoms with E-state index in [2.05, 4.69) is 5.32 Å². The summed E-state index contributed by atoms with van der Waals surface area (Å²) >= 11 is 0. The van der Waals surface area contributed by atoms with Gasteiger partial charge in [0.1, 0.15) is 11.6 Å². The number of anilines is 1. The summed E-state index contributed by atoms with van der Waals surface area (Å²) < 4.78 is 31.1. The van der Waals surface area contributed by atoms with E-state index in [1.165, 1.54) is 12.1 Å². The molecule has 9 heteroatoms. The van der Waals surface area contributed by atoms with Crippen molar-refractivity contribution in [1.29, 1.82) is 0 Å². The van der Waals surface area contributed by atoms with E-state index in [4.69, 9.17) is 14.2 Å². The number of likely N-dealkylation sites (tertiary alicyclic amines) is 1. The van der Waals surface area contributed by atoms with Crippen LogP contribution in [-0.2, 0) is 22.4 Å². The van der Waals surface area contributed by atoms with Gasteiger partial charge in [0.25, 0.3) is 0 Å². The number of carbonyl (C=O) groups is 2. The van der Waals surface area contributed by atoms with Gasteiger partial charge < -0.3 is 24.6 Å². The molecular weight excluding hydrogens is 539 g/mol. The van der Waals surface area contributed by atoms with Gasteiger partial charge in [0.2, 0.25) is 12.7 Å². The van der Waals surface area contributed by atoms with Crippen LogP contribution in [-0.4, -0.2) is 47.9 Å². The van der Waals surface area contributed by atoms with Gasteiger partial charge in [-0.15, -0.1) is 0 Å². The van der Waals surface area contributed by atoms with Gasteiger partial charge in [-0.2, -0.15) is 0 Å². The Morgan fingerprint density at radius 1 is 0.976 bits per heavy atom. The summed E-state index contributed by atoms with van der Waals surface area (Å²) in [5.74, 6) is -0.812. The second-order valence-corrected chi connectivity index (χ2v) is 11.2. The second kappa shape index (κ2) is 11.6. The van der Waals surface area contributed by atoms with Crippen LogP contribution in [0.1, 0.15) is 60.9 Å². The van der Waals surface area contributed by atoms with Crippen LogP contribution < -0.4 is 19.5 Å². The van der Waals surface area contributed by atoms with Crippen LogP contribution in [0.2, 0.25) is 0 Å². The van der Waals surface area contributed by atoms with Crippen molar-refractivity contribution in [2.75, 3.05) is 25.2 Å². The molecule has 1 amide bonds. The summed E-state index contributed by atoms with van der Waals surface area (Å²) in [6.07, 6.45) is 3.46. The largest absolute Gasteiger partial charge is 0.490 e. The van der Waals surface area contributed by atoms with Gasteiger partial charge in [-0.05, 0) is 84.3 Å². The molecule has 2 fully saturated rings. The molecule has 3 aromatic carbocycles. The number of aliphatic carboxylic acids is 1. The number of halogens is 1. The maximum absolute atomic E-state index is 14.2. The normalized spacial score (nSPS) is 21.4. The number of carboxylic acid groups (broad SMARTS) is 1. The van der Waals surface area contributed by atoms with E-state index < -0.39 is 23.8 Å². The quantitative estimate of drug-likeness (QED) is 0.321. The van der Waals surface area contributed by atoms with Crippen LogP contribution >= 0.6 is 0 Å². The van der Waals surface area contributed by atoms with Crippen LogP contribution in [0.3, 0.4) is 0 Å². The number of hydrogen-bond acceptors (Lipinski definition) is 6. The Hall–Kier alpha value is -4.11. The zero-order valence-corrected chi connectivity index (χ0v) is 23.8. The molecule has 0 bridgehead atoms. The number of amides is 1. The smallest absolute Gasteiger partial charge is 0.309 e. The molecule has 0 aromatic heterocycles. The molecule has 0 unspecified atom stereocenters. The number of fused-ring (bicyclic) bond motifs is 1. The lowest BCUT2D eigenvalue weighted by atomic mass is 9.82. The van der Waals surface area contributed by atoms with Gasteiger partial charge in [0, 0.05) is 24.2 Å². The van der Waals surface area contributed by atoms with E-state index in [1.807, 2.05) is 55.1 Å². The van der Waals surface area contributed by atoms with Crippen molar-refractivity contribution in [1.82, 2.24) is 4.90 Å². The molecule has 0 spiro atoms. The fourth-order valence-electron chi connectivity index (χ4n) is 6.20. The molecule has 1 aliphatic carbocycles. The van der Waals surface area contributed by atoms with Crippen molar-refractivity contribution in [3.05, 3.63) is 82.7 Å². The maximum atomic E-state index is 14.2. The minimum absolute atomic E-state index is 0.0283. The fourth-order valence-corrected chi connectivity index (χ4v) is 6.20. The summed E-state index contributed by atoms with van der Waals surface area (Å²) in [5.41, 5.74) is 3.70. The first kappa shape index (κ1) is 28.0. The molecule has 2 heterocycles. The lowest BCUT2D eigenvalue weighted by Gasteiger charge is -2.27. The molecule has 3 aromatic rings. The highest BCUT2D eigenvalue weighted by atomic mass is 19.1. The van der Waals surface area contributed by atoms with E-state index in [0.717, 1.165) is 40.8 Å². The van der Waals surface area contributed by atoms with Gasteiger partial charge in [-0.3, -0.25) is 14.5 Å². The van der Waals surface area contributed by atoms with E-state index in [0.29, 0.717) is 36.6 Å². The molecule has 6 rings (SSSR count). The van der Waals surface area contributed by atoms with Crippen molar-refractivity contribution in [3.8, 4) is 17.2 Å². The van der Waals surface area contributed by atoms with E-state index in [1.54, 1.807) is 6.07 Å². The third kappa shape index (κ3) is 5.66. The summed E-state index contributed by atoms with van der Waals surface area (Å²) in [6, 6.07) is 15.4. The molecule has 2 aliphatic heterocycles. The molecule has 8 nitrogen and oxygen atoms in total. The highest BCUT2D eigenvalue weighted by Gasteiger charge is 2.48. The summed E-state index contributed by atoms with van der Waals surface area (Å²) in [4.78, 5) is 28.4. The van der Waals surface area contributed by atoms with Crippen LogP contribution in [0.15, 0.2) is 54.6 Å². The number of ether oxygens (including phenoxy) is 3. The van der Waals surface area contributed by atoms with Crippen molar-refractivity contribution in [2.24, 2.45) is 5.92 Å². The average Bonchev–Trinajstić information content (AvgIpc) is 3.52. The number of aryl methyl sites for hydroxylation is 2. The highest BCUT2D eigenvalue weighted by molar-refractivity contribution is 5.94. The summed E-state index contributed by atoms with van der Waals surface area (Å²) in [7, 11) is 0. The number of rotatable bonds is 10. The molecule has 220 valence electrons. The SMILES string of the molecule is CCc1cc(F)cc(CC)c1NC(=O)CN1C[C@H](c2ccc3c(c2)OCO3)[C@@H](C(=O)O)[C@@H]1c1ccc(OC2CC2)cc1. The van der Waals surface area contributed by atoms with Crippen LogP contribution in [0.25, 0.3) is 0 Å². The highest BCUT2D eigenvalue weighted by Crippen LogP contribution is 2.48. The lowest BCUT2D eigenvalue weighted by molar-refractivity contribution is -0.143. The zero-order chi connectivity index (χ0) is 29.4. The van der Waals surface area contributed by atoms with Gasteiger partial charge in [-0.1, -0.05) is 32.0 Å². The Morgan fingerprint density at radius 2 is 1.64 bits per heavy atom. The number of nitrogens with zero attached hydrogens (tertiary/aromatic N) is 1. The molecule has 1 saturated carbocycles. The van der Waals surface area contributed by atoms with Crippen molar-refractivity contribution < 1.29 is 33.3 Å². The molecule has 3 aliphatic rings. The second-order valence-electron chi connectivity index (χ2n) is 11.2. The lowest BCUT2D eigenvalue weighted by Crippen LogP contribution is -2.35. The Morgan fingerprint density at radius 3 is 2.29 bits per heavy atom. The van der Waals surface area contributed by atoms with E-state index in [-0.39, 0.29) is 31.2 Å². The summed E-state index contributed by atoms with van der Waals surface area (Å²) in [6.45, 7) is 4.28. The Labute approximate surface area is 244 Å². The van der Waals surface area contributed by atoms with Gasteiger partial charge in [-0.25, -0.2) is 4.39 Å². The van der Waals surface area contributed by atoms with Crippen LogP contribution in [0.4, 0.5) is 10.1 Å². The van der Waals surface area contributed by atoms with Gasteiger partial charge in [0.15, 0.2) is 11.5 Å². The first-order valence-electron chi connectivity index (χ1n) is 14.6. The number of carbonyl (C=O) groups excluding carboxylic acids is 1. The molecule has 0 radical (unpaired) electrons. The zero-order valence-electron chi connectivity index (χ0n) is 23.8. The molecule has 3 atom stereocenters. The topological polar surface area (TPSA) is 97.3 Å². The first-order chi connectivity index (χ1) is 20.3. The molecule has 1 saturated heterocycles. The number of carboxylic acids is 1. The molecule has 42 heavy (non-hydrogen) atoms. The van der Waals surface area contributed by atoms with Gasteiger partial charge >= 0.3 is 5.97 Å². The Kier molecular flexibility index (Phi) is 7.77. The first-order valence-corrected chi connectivity index (χ1v) is 14.6. The third-order valence-electron chi connectivity index (χ3n) is 8.40. The van der Waals surface area contributed by atoms with Crippen LogP contribution in [0, 0.1) is 11.7 Å². The van der Waals surface area contributed by atoms with Crippen molar-refractivity contribution in [3.63, 3.8) is 0 Å². The molecular formula is C33H35FN2O6. The summed E-state index contributed by atoms with van der Waals surface area (Å²) in [5, 5.41) is 13.6. The van der Waals surface area contributed by atoms with Gasteiger partial charge in [0.05, 0.1) is 18.6 Å². The standard InChI is InChI=1S/C33H35FN2O6/c1-3-19-13-23(34)14-20(4-2)31(19)35-29(37)17-36-16-26(22-7-12-27-28(15-22)41-18-40-27)30(33(38)39)32(36)21-5-8-24(9-6-21)42-25-10-11-25/h5-9,12-15,25-26,30,32H,3-4,10-11,16-18H2,1-2H3,(H,35,37)(H,38,39)/t26-,30-,32+/m1/s1. The Bertz CT molecular complexity index is 1460. The third-order valence-corrected chi connectivity index (χ3v) is 8.40. The number of nitrogens with one attached hydrogen (secondary N) is 1. The minimum Gasteiger partial charge on any atom is -0.490 e. The minimum atomic E-state index is -0.941. The van der Waals surface area contributed by atoms with E-state index >= 15 is 0 Å². The number of hydrogen-bond donors (Lipinski definition) is 2. The average molecular weight is 575 g/mol. The maximum Gasteiger partial charge on any atom is 0.309 e. The predicted octanol–water partition coefficient (Wildman–Crippen LogP) is 5.70. The fraction of sp³-hybridized carbons (Fsp3) is 0.394. The van der Waals surface area contributed by atoms with Crippen molar-refractivity contribution >= 4 is 17.6 Å². The Balaban J connectivity index is 1.32. The monoisotopic (exact) mass is 574 g/mol. The van der Waals surface area contributed by atoms with Crippen molar-refractivity contribution in [2.45, 2.75) is 57.6 Å². The van der Waals surface area contributed by atoms with Crippen LogP contribution in [0.5, 0.6) is 17.2 Å². The van der Waals surface area contributed by atoms with E-state index in [9.17, 15) is 19.1 Å².